The number of anilines is 2. The Bertz CT molecular complexity index is 1120. The van der Waals surface area contributed by atoms with Crippen LogP contribution in [0.2, 0.25) is 5.02 Å². The van der Waals surface area contributed by atoms with Crippen LogP contribution in [0.5, 0.6) is 0 Å². The first-order chi connectivity index (χ1) is 17.1. The number of piperidine rings is 1. The Morgan fingerprint density at radius 3 is 2.34 bits per heavy atom. The maximum atomic E-state index is 13.2. The minimum atomic E-state index is -0.196. The highest BCUT2D eigenvalue weighted by Gasteiger charge is 2.21. The van der Waals surface area contributed by atoms with Crippen molar-refractivity contribution in [2.24, 2.45) is 5.92 Å². The second-order valence-electron chi connectivity index (χ2n) is 9.08. The highest BCUT2D eigenvalue weighted by molar-refractivity contribution is 6.30. The molecule has 35 heavy (non-hydrogen) atoms. The van der Waals surface area contributed by atoms with E-state index in [1.807, 2.05) is 12.1 Å². The van der Waals surface area contributed by atoms with Crippen molar-refractivity contribution in [1.29, 1.82) is 5.26 Å². The summed E-state index contributed by atoms with van der Waals surface area (Å²) in [5, 5.41) is 12.7. The molecule has 6 heteroatoms. The van der Waals surface area contributed by atoms with Gasteiger partial charge in [0.2, 0.25) is 0 Å². The molecule has 180 valence electrons. The molecular weight excluding hydrogens is 456 g/mol. The second kappa shape index (κ2) is 12.4. The predicted molar refractivity (Wildman–Crippen MR) is 143 cm³/mol. The van der Waals surface area contributed by atoms with E-state index in [2.05, 4.69) is 46.6 Å². The molecular formula is C29H31ClN4O. The van der Waals surface area contributed by atoms with Crippen molar-refractivity contribution < 1.29 is 4.79 Å². The van der Waals surface area contributed by atoms with Crippen LogP contribution in [0.1, 0.15) is 30.4 Å². The molecule has 0 atom stereocenters. The number of urea groups is 1. The van der Waals surface area contributed by atoms with Gasteiger partial charge in [0.1, 0.15) is 0 Å². The van der Waals surface area contributed by atoms with Crippen LogP contribution in [0.3, 0.4) is 0 Å². The van der Waals surface area contributed by atoms with Crippen LogP contribution in [0.4, 0.5) is 16.2 Å². The Balaban J connectivity index is 1.31. The van der Waals surface area contributed by atoms with Gasteiger partial charge < -0.3 is 10.2 Å². The van der Waals surface area contributed by atoms with Crippen LogP contribution in [0.15, 0.2) is 78.9 Å². The fourth-order valence-electron chi connectivity index (χ4n) is 4.60. The first kappa shape index (κ1) is 24.8. The Morgan fingerprint density at radius 2 is 1.69 bits per heavy atom. The smallest absolute Gasteiger partial charge is 0.308 e. The lowest BCUT2D eigenvalue weighted by Crippen LogP contribution is -2.39. The van der Waals surface area contributed by atoms with Gasteiger partial charge in [-0.25, -0.2) is 4.79 Å². The third-order valence-corrected chi connectivity index (χ3v) is 6.83. The van der Waals surface area contributed by atoms with Crippen LogP contribution in [-0.2, 0) is 6.42 Å². The zero-order valence-electron chi connectivity index (χ0n) is 19.9. The van der Waals surface area contributed by atoms with E-state index in [9.17, 15) is 4.79 Å². The van der Waals surface area contributed by atoms with Gasteiger partial charge in [-0.2, -0.15) is 5.26 Å². The number of hydrogen-bond donors (Lipinski definition) is 1. The molecule has 0 saturated carbocycles. The molecule has 0 spiro atoms. The summed E-state index contributed by atoms with van der Waals surface area (Å²) < 4.78 is 0. The van der Waals surface area contributed by atoms with E-state index in [0.29, 0.717) is 22.8 Å². The minimum Gasteiger partial charge on any atom is -0.308 e. The van der Waals surface area contributed by atoms with Gasteiger partial charge in [0, 0.05) is 22.9 Å². The van der Waals surface area contributed by atoms with Crippen LogP contribution < -0.4 is 10.2 Å². The number of hydrogen-bond acceptors (Lipinski definition) is 3. The van der Waals surface area contributed by atoms with E-state index in [0.717, 1.165) is 44.1 Å². The van der Waals surface area contributed by atoms with Gasteiger partial charge in [0.05, 0.1) is 11.6 Å². The lowest BCUT2D eigenvalue weighted by Gasteiger charge is -2.32. The van der Waals surface area contributed by atoms with E-state index in [-0.39, 0.29) is 6.03 Å². The SMILES string of the molecule is N#Cc1ccc(N(CCCN2CCC(Cc3ccccc3)CC2)C(=O)Nc2ccc(Cl)cc2)cc1. The number of rotatable bonds is 8. The molecule has 1 aliphatic rings. The Hall–Kier alpha value is -3.33. The number of nitrogens with zero attached hydrogens (tertiary/aromatic N) is 3. The number of benzene rings is 3. The number of halogens is 1. The van der Waals surface area contributed by atoms with Crippen molar-refractivity contribution in [2.75, 3.05) is 36.4 Å². The normalized spacial score (nSPS) is 14.3. The van der Waals surface area contributed by atoms with Crippen molar-refractivity contribution >= 4 is 29.0 Å². The van der Waals surface area contributed by atoms with Gasteiger partial charge in [0.15, 0.2) is 0 Å². The van der Waals surface area contributed by atoms with Gasteiger partial charge >= 0.3 is 6.03 Å². The number of likely N-dealkylation sites (tertiary alicyclic amines) is 1. The molecule has 1 N–H and O–H groups in total. The van der Waals surface area contributed by atoms with E-state index < -0.39 is 0 Å². The zero-order valence-corrected chi connectivity index (χ0v) is 20.6. The molecule has 0 unspecified atom stereocenters. The number of carbonyl (C=O) groups excluding carboxylic acids is 1. The first-order valence-electron chi connectivity index (χ1n) is 12.2. The summed E-state index contributed by atoms with van der Waals surface area (Å²) in [6.45, 7) is 3.75. The van der Waals surface area contributed by atoms with Crippen molar-refractivity contribution in [2.45, 2.75) is 25.7 Å². The second-order valence-corrected chi connectivity index (χ2v) is 9.51. The highest BCUT2D eigenvalue weighted by Crippen LogP contribution is 2.23. The van der Waals surface area contributed by atoms with E-state index in [1.54, 1.807) is 41.3 Å². The molecule has 0 bridgehead atoms. The third-order valence-electron chi connectivity index (χ3n) is 6.58. The quantitative estimate of drug-likeness (QED) is 0.390. The third kappa shape index (κ3) is 7.32. The van der Waals surface area contributed by atoms with Crippen LogP contribution >= 0.6 is 11.6 Å². The van der Waals surface area contributed by atoms with Crippen LogP contribution in [0.25, 0.3) is 0 Å². The molecule has 1 heterocycles. The number of nitrogens with one attached hydrogen (secondary N) is 1. The van der Waals surface area contributed by atoms with Crippen molar-refractivity contribution in [1.82, 2.24) is 4.90 Å². The summed E-state index contributed by atoms with van der Waals surface area (Å²) in [7, 11) is 0. The van der Waals surface area contributed by atoms with Gasteiger partial charge in [-0.3, -0.25) is 4.90 Å². The van der Waals surface area contributed by atoms with Crippen LogP contribution in [0, 0.1) is 17.2 Å². The molecule has 0 radical (unpaired) electrons. The van der Waals surface area contributed by atoms with Crippen molar-refractivity contribution in [3.63, 3.8) is 0 Å². The maximum absolute atomic E-state index is 13.2. The Kier molecular flexibility index (Phi) is 8.78. The molecule has 1 fully saturated rings. The predicted octanol–water partition coefficient (Wildman–Crippen LogP) is 6.59. The van der Waals surface area contributed by atoms with E-state index >= 15 is 0 Å². The largest absolute Gasteiger partial charge is 0.326 e. The molecule has 4 rings (SSSR count). The summed E-state index contributed by atoms with van der Waals surface area (Å²) in [5.74, 6) is 0.744. The molecule has 3 aromatic rings. The highest BCUT2D eigenvalue weighted by atomic mass is 35.5. The maximum Gasteiger partial charge on any atom is 0.326 e. The number of nitriles is 1. The topological polar surface area (TPSA) is 59.4 Å². The summed E-state index contributed by atoms with van der Waals surface area (Å²) >= 11 is 5.97. The first-order valence-corrected chi connectivity index (χ1v) is 12.6. The zero-order chi connectivity index (χ0) is 24.5. The molecule has 3 aromatic carbocycles. The van der Waals surface area contributed by atoms with Gasteiger partial charge in [-0.15, -0.1) is 0 Å². The molecule has 1 saturated heterocycles. The lowest BCUT2D eigenvalue weighted by molar-refractivity contribution is 0.183. The summed E-state index contributed by atoms with van der Waals surface area (Å²) in [6, 6.07) is 26.9. The average molecular weight is 487 g/mol. The van der Waals surface area contributed by atoms with Crippen molar-refractivity contribution in [3.8, 4) is 6.07 Å². The average Bonchev–Trinajstić information content (AvgIpc) is 2.89. The Labute approximate surface area is 212 Å². The fraction of sp³-hybridized carbons (Fsp3) is 0.310. The van der Waals surface area contributed by atoms with Crippen LogP contribution in [-0.4, -0.2) is 37.1 Å². The number of carbonyl (C=O) groups is 1. The lowest BCUT2D eigenvalue weighted by atomic mass is 9.90. The van der Waals surface area contributed by atoms with E-state index in [4.69, 9.17) is 16.9 Å². The van der Waals surface area contributed by atoms with E-state index in [1.165, 1.54) is 18.4 Å². The molecule has 0 aromatic heterocycles. The van der Waals surface area contributed by atoms with Crippen molar-refractivity contribution in [3.05, 3.63) is 95.0 Å². The standard InChI is InChI=1S/C29H31ClN4O/c30-26-9-11-27(12-10-26)32-29(35)34(28-13-7-25(22-31)8-14-28)18-4-17-33-19-15-24(16-20-33)21-23-5-2-1-3-6-23/h1-3,5-14,24H,4,15-21H2,(H,32,35). The monoisotopic (exact) mass is 486 g/mol. The van der Waals surface area contributed by atoms with Gasteiger partial charge in [-0.1, -0.05) is 41.9 Å². The summed E-state index contributed by atoms with van der Waals surface area (Å²) in [4.78, 5) is 17.4. The molecule has 5 nitrogen and oxygen atoms in total. The minimum absolute atomic E-state index is 0.196. The van der Waals surface area contributed by atoms with Gasteiger partial charge in [0.25, 0.3) is 0 Å². The summed E-state index contributed by atoms with van der Waals surface area (Å²) in [6.07, 6.45) is 4.46. The molecule has 1 aliphatic heterocycles. The fourth-order valence-corrected chi connectivity index (χ4v) is 4.73. The molecule has 0 aliphatic carbocycles. The number of amides is 2. The summed E-state index contributed by atoms with van der Waals surface area (Å²) in [5.41, 5.74) is 3.47. The van der Waals surface area contributed by atoms with Gasteiger partial charge in [-0.05, 0) is 105 Å². The molecule has 2 amide bonds. The Morgan fingerprint density at radius 1 is 1.00 bits per heavy atom.